The highest BCUT2D eigenvalue weighted by Crippen LogP contribution is 2.02. The summed E-state index contributed by atoms with van der Waals surface area (Å²) >= 11 is 0. The first-order valence-electron chi connectivity index (χ1n) is 3.32. The number of halogens is 1. The Morgan fingerprint density at radius 3 is 2.36 bits per heavy atom. The molecule has 0 N–H and O–H groups in total. The molecule has 0 saturated heterocycles. The van der Waals surface area contributed by atoms with Gasteiger partial charge in [0.05, 0.1) is 18.5 Å². The van der Waals surface area contributed by atoms with E-state index in [1.165, 1.54) is 0 Å². The number of aromatic nitrogens is 2. The highest BCUT2D eigenvalue weighted by atomic mass is 19.1. The molecule has 0 spiro atoms. The number of rotatable bonds is 2. The lowest BCUT2D eigenvalue weighted by atomic mass is 10.5. The van der Waals surface area contributed by atoms with E-state index in [4.69, 9.17) is 4.74 Å². The van der Waals surface area contributed by atoms with Crippen molar-refractivity contribution in [3.63, 3.8) is 0 Å². The first kappa shape index (κ1) is 7.91. The van der Waals surface area contributed by atoms with Crippen molar-refractivity contribution in [3.8, 4) is 6.01 Å². The molecule has 4 heteroatoms. The number of hydrogen-bond acceptors (Lipinski definition) is 3. The molecule has 0 saturated carbocycles. The summed E-state index contributed by atoms with van der Waals surface area (Å²) in [5, 5.41) is 0. The van der Waals surface area contributed by atoms with Crippen LogP contribution in [0.3, 0.4) is 0 Å². The van der Waals surface area contributed by atoms with Crippen LogP contribution in [0.25, 0.3) is 0 Å². The number of ether oxygens (including phenoxy) is 1. The third-order valence-corrected chi connectivity index (χ3v) is 0.938. The van der Waals surface area contributed by atoms with Crippen molar-refractivity contribution >= 4 is 0 Å². The zero-order chi connectivity index (χ0) is 8.27. The van der Waals surface area contributed by atoms with Crippen LogP contribution >= 0.6 is 0 Å². The Hall–Kier alpha value is -1.19. The van der Waals surface area contributed by atoms with E-state index in [1.807, 2.05) is 13.8 Å². The van der Waals surface area contributed by atoms with Crippen molar-refractivity contribution in [2.75, 3.05) is 0 Å². The van der Waals surface area contributed by atoms with Crippen LogP contribution in [0.4, 0.5) is 4.39 Å². The summed E-state index contributed by atoms with van der Waals surface area (Å²) in [7, 11) is 0. The molecular weight excluding hydrogens is 147 g/mol. The Balaban J connectivity index is 2.66. The van der Waals surface area contributed by atoms with Gasteiger partial charge in [-0.15, -0.1) is 0 Å². The van der Waals surface area contributed by atoms with E-state index < -0.39 is 5.82 Å². The molecule has 0 aromatic carbocycles. The van der Waals surface area contributed by atoms with Crippen LogP contribution in [0, 0.1) is 5.82 Å². The minimum Gasteiger partial charge on any atom is -0.461 e. The van der Waals surface area contributed by atoms with Gasteiger partial charge in [0.1, 0.15) is 0 Å². The smallest absolute Gasteiger partial charge is 0.316 e. The first-order valence-corrected chi connectivity index (χ1v) is 3.32. The van der Waals surface area contributed by atoms with Gasteiger partial charge in [0, 0.05) is 0 Å². The molecule has 0 aliphatic rings. The first-order chi connectivity index (χ1) is 5.18. The largest absolute Gasteiger partial charge is 0.461 e. The van der Waals surface area contributed by atoms with Gasteiger partial charge in [-0.05, 0) is 13.8 Å². The second-order valence-corrected chi connectivity index (χ2v) is 2.35. The molecular formula is C7H9FN2O. The van der Waals surface area contributed by atoms with Crippen molar-refractivity contribution in [3.05, 3.63) is 18.2 Å². The third-order valence-electron chi connectivity index (χ3n) is 0.938. The van der Waals surface area contributed by atoms with E-state index in [9.17, 15) is 4.39 Å². The molecule has 1 heterocycles. The van der Waals surface area contributed by atoms with E-state index in [2.05, 4.69) is 9.97 Å². The van der Waals surface area contributed by atoms with Gasteiger partial charge in [-0.1, -0.05) is 0 Å². The Bertz CT molecular complexity index is 222. The van der Waals surface area contributed by atoms with Gasteiger partial charge >= 0.3 is 6.01 Å². The maximum absolute atomic E-state index is 12.2. The Labute approximate surface area is 64.2 Å². The summed E-state index contributed by atoms with van der Waals surface area (Å²) in [6.45, 7) is 3.71. The van der Waals surface area contributed by atoms with Crippen molar-refractivity contribution in [2.24, 2.45) is 0 Å². The normalized spacial score (nSPS) is 10.2. The molecule has 1 rings (SSSR count). The van der Waals surface area contributed by atoms with Crippen LogP contribution < -0.4 is 4.74 Å². The van der Waals surface area contributed by atoms with Crippen LogP contribution in [0.15, 0.2) is 12.4 Å². The quantitative estimate of drug-likeness (QED) is 0.649. The van der Waals surface area contributed by atoms with Crippen LogP contribution in [-0.2, 0) is 0 Å². The van der Waals surface area contributed by atoms with E-state index >= 15 is 0 Å². The Morgan fingerprint density at radius 1 is 1.36 bits per heavy atom. The average molecular weight is 156 g/mol. The standard InChI is InChI=1S/C7H9FN2O/c1-5(2)11-7-9-3-6(8)4-10-7/h3-5H,1-2H3. The zero-order valence-electron chi connectivity index (χ0n) is 6.41. The summed E-state index contributed by atoms with van der Waals surface area (Å²) in [5.41, 5.74) is 0. The summed E-state index contributed by atoms with van der Waals surface area (Å²) < 4.78 is 17.3. The topological polar surface area (TPSA) is 35.0 Å². The molecule has 1 aromatic heterocycles. The molecule has 0 bridgehead atoms. The molecule has 0 aliphatic carbocycles. The minimum atomic E-state index is -0.457. The lowest BCUT2D eigenvalue weighted by molar-refractivity contribution is 0.221. The van der Waals surface area contributed by atoms with Crippen LogP contribution in [0.2, 0.25) is 0 Å². The van der Waals surface area contributed by atoms with Crippen molar-refractivity contribution < 1.29 is 9.13 Å². The van der Waals surface area contributed by atoms with E-state index in [1.54, 1.807) is 0 Å². The summed E-state index contributed by atoms with van der Waals surface area (Å²) in [5.74, 6) is -0.457. The molecule has 0 aliphatic heterocycles. The summed E-state index contributed by atoms with van der Waals surface area (Å²) in [6.07, 6.45) is 2.16. The molecule has 11 heavy (non-hydrogen) atoms. The summed E-state index contributed by atoms with van der Waals surface area (Å²) in [4.78, 5) is 7.22. The molecule has 60 valence electrons. The van der Waals surface area contributed by atoms with E-state index in [0.29, 0.717) is 0 Å². The van der Waals surface area contributed by atoms with Crippen molar-refractivity contribution in [1.29, 1.82) is 0 Å². The minimum absolute atomic E-state index is 0.0143. The fraction of sp³-hybridized carbons (Fsp3) is 0.429. The maximum Gasteiger partial charge on any atom is 0.316 e. The highest BCUT2D eigenvalue weighted by molar-refractivity contribution is 4.95. The number of hydrogen-bond donors (Lipinski definition) is 0. The lowest BCUT2D eigenvalue weighted by Gasteiger charge is -2.05. The SMILES string of the molecule is CC(C)Oc1ncc(F)cn1. The van der Waals surface area contributed by atoms with E-state index in [-0.39, 0.29) is 12.1 Å². The lowest BCUT2D eigenvalue weighted by Crippen LogP contribution is -2.08. The Morgan fingerprint density at radius 2 is 1.91 bits per heavy atom. The van der Waals surface area contributed by atoms with Gasteiger partial charge in [-0.25, -0.2) is 14.4 Å². The van der Waals surface area contributed by atoms with Gasteiger partial charge in [0.25, 0.3) is 0 Å². The van der Waals surface area contributed by atoms with Gasteiger partial charge < -0.3 is 4.74 Å². The molecule has 0 radical (unpaired) electrons. The Kier molecular flexibility index (Phi) is 2.36. The van der Waals surface area contributed by atoms with E-state index in [0.717, 1.165) is 12.4 Å². The van der Waals surface area contributed by atoms with Crippen LogP contribution in [0.5, 0.6) is 6.01 Å². The fourth-order valence-corrected chi connectivity index (χ4v) is 0.572. The van der Waals surface area contributed by atoms with Crippen molar-refractivity contribution in [1.82, 2.24) is 9.97 Å². The third kappa shape index (κ3) is 2.49. The second-order valence-electron chi connectivity index (χ2n) is 2.35. The summed E-state index contributed by atoms with van der Waals surface area (Å²) in [6, 6.07) is 0.210. The van der Waals surface area contributed by atoms with Crippen molar-refractivity contribution in [2.45, 2.75) is 20.0 Å². The average Bonchev–Trinajstić information content (AvgIpc) is 1.93. The molecule has 0 unspecified atom stereocenters. The van der Waals surface area contributed by atoms with Gasteiger partial charge in [0.15, 0.2) is 5.82 Å². The van der Waals surface area contributed by atoms with Crippen LogP contribution in [0.1, 0.15) is 13.8 Å². The monoisotopic (exact) mass is 156 g/mol. The predicted octanol–water partition coefficient (Wildman–Crippen LogP) is 1.40. The molecule has 0 fully saturated rings. The second kappa shape index (κ2) is 3.27. The number of nitrogens with zero attached hydrogens (tertiary/aromatic N) is 2. The molecule has 0 amide bonds. The maximum atomic E-state index is 12.2. The van der Waals surface area contributed by atoms with Gasteiger partial charge in [0.2, 0.25) is 0 Å². The van der Waals surface area contributed by atoms with Gasteiger partial charge in [-0.2, -0.15) is 0 Å². The molecule has 1 aromatic rings. The molecule has 3 nitrogen and oxygen atoms in total. The van der Waals surface area contributed by atoms with Crippen LogP contribution in [-0.4, -0.2) is 16.1 Å². The fourth-order valence-electron chi connectivity index (χ4n) is 0.572. The molecule has 0 atom stereocenters. The predicted molar refractivity (Wildman–Crippen MR) is 37.8 cm³/mol. The van der Waals surface area contributed by atoms with Gasteiger partial charge in [-0.3, -0.25) is 0 Å². The highest BCUT2D eigenvalue weighted by Gasteiger charge is 1.99. The zero-order valence-corrected chi connectivity index (χ0v) is 6.41.